The standard InChI is InChI=1S/C23H32N6O2/c1-16(2)23(30)27-18-6-11-28(12-7-18)14-19-15-29(13-17(3)31-19)20-5-10-26-22-21(20)24-8-4-9-25-22/h4-5,9-10,16-19H,6-7,11-15H2,1-3H3,(H,27,30)/t17-,19+/m1/s1. The minimum Gasteiger partial charge on any atom is -0.370 e. The number of morpholine rings is 1. The van der Waals surface area contributed by atoms with Gasteiger partial charge in [0.2, 0.25) is 5.91 Å². The molecule has 2 atom stereocenters. The Bertz CT molecular complexity index is 884. The second-order valence-electron chi connectivity index (χ2n) is 8.90. The molecule has 8 nitrogen and oxygen atoms in total. The van der Waals surface area contributed by atoms with E-state index in [0.717, 1.165) is 56.9 Å². The number of amides is 1. The largest absolute Gasteiger partial charge is 0.370 e. The number of piperidine rings is 1. The van der Waals surface area contributed by atoms with Crippen LogP contribution in [-0.4, -0.2) is 78.8 Å². The first kappa shape index (κ1) is 21.7. The fraction of sp³-hybridized carbons (Fsp3) is 0.609. The third kappa shape index (κ3) is 5.39. The number of likely N-dealkylation sites (tertiary alicyclic amines) is 1. The van der Waals surface area contributed by atoms with Gasteiger partial charge < -0.3 is 19.9 Å². The average Bonchev–Trinajstić information content (AvgIpc) is 3.00. The van der Waals surface area contributed by atoms with Crippen molar-refractivity contribution >= 4 is 35.2 Å². The first-order valence-electron chi connectivity index (χ1n) is 11.2. The van der Waals surface area contributed by atoms with Gasteiger partial charge in [-0.1, -0.05) is 13.8 Å². The molecule has 0 radical (unpaired) electrons. The highest BCUT2D eigenvalue weighted by Crippen LogP contribution is 2.37. The number of carbonyl (C=O) groups is 1. The van der Waals surface area contributed by atoms with Gasteiger partial charge in [-0.25, -0.2) is 15.0 Å². The fourth-order valence-electron chi connectivity index (χ4n) is 4.39. The lowest BCUT2D eigenvalue weighted by atomic mass is 10.0. The fourth-order valence-corrected chi connectivity index (χ4v) is 4.39. The van der Waals surface area contributed by atoms with E-state index in [-0.39, 0.29) is 30.1 Å². The summed E-state index contributed by atoms with van der Waals surface area (Å²) in [6.07, 6.45) is 7.37. The number of hydrogen-bond acceptors (Lipinski definition) is 7. The number of ether oxygens (including phenoxy) is 1. The van der Waals surface area contributed by atoms with Crippen LogP contribution in [0.3, 0.4) is 0 Å². The molecule has 1 aromatic heterocycles. The summed E-state index contributed by atoms with van der Waals surface area (Å²) in [5.41, 5.74) is 1.79. The predicted octanol–water partition coefficient (Wildman–Crippen LogP) is 2.49. The lowest BCUT2D eigenvalue weighted by Gasteiger charge is -2.41. The van der Waals surface area contributed by atoms with E-state index in [1.165, 1.54) is 0 Å². The molecule has 2 fully saturated rings. The molecule has 0 spiro atoms. The molecule has 0 bridgehead atoms. The minimum absolute atomic E-state index is 0.0369. The first-order chi connectivity index (χ1) is 15.0. The van der Waals surface area contributed by atoms with Crippen molar-refractivity contribution in [2.24, 2.45) is 15.9 Å². The second kappa shape index (κ2) is 9.73. The van der Waals surface area contributed by atoms with Crippen molar-refractivity contribution in [1.29, 1.82) is 0 Å². The van der Waals surface area contributed by atoms with Crippen LogP contribution >= 0.6 is 0 Å². The molecule has 8 heteroatoms. The Morgan fingerprint density at radius 2 is 2.13 bits per heavy atom. The van der Waals surface area contributed by atoms with E-state index in [1.807, 2.05) is 19.9 Å². The highest BCUT2D eigenvalue weighted by Gasteiger charge is 2.30. The number of fused-ring (bicyclic) bond motifs is 1. The molecule has 2 saturated heterocycles. The summed E-state index contributed by atoms with van der Waals surface area (Å²) in [5, 5.41) is 3.17. The average molecular weight is 425 g/mol. The zero-order valence-electron chi connectivity index (χ0n) is 18.6. The maximum atomic E-state index is 12.0. The SMILES string of the molecule is CC(C)C(=O)NC1CCN(C[C@H]2CN(c3ccnc4c3N=C=CC=N4)C[C@@H](C)O2)CC1. The first-order valence-corrected chi connectivity index (χ1v) is 11.2. The molecule has 31 heavy (non-hydrogen) atoms. The molecule has 0 unspecified atom stereocenters. The van der Waals surface area contributed by atoms with Gasteiger partial charge in [0.05, 0.1) is 17.9 Å². The summed E-state index contributed by atoms with van der Waals surface area (Å²) in [6.45, 7) is 10.4. The lowest BCUT2D eigenvalue weighted by Crippen LogP contribution is -2.53. The Kier molecular flexibility index (Phi) is 6.80. The van der Waals surface area contributed by atoms with Crippen molar-refractivity contribution in [3.63, 3.8) is 0 Å². The number of anilines is 1. The van der Waals surface area contributed by atoms with E-state index in [4.69, 9.17) is 4.74 Å². The van der Waals surface area contributed by atoms with Gasteiger partial charge >= 0.3 is 0 Å². The van der Waals surface area contributed by atoms with E-state index >= 15 is 0 Å². The quantitative estimate of drug-likeness (QED) is 0.785. The predicted molar refractivity (Wildman–Crippen MR) is 123 cm³/mol. The van der Waals surface area contributed by atoms with Crippen molar-refractivity contribution in [2.45, 2.75) is 51.9 Å². The number of nitrogens with one attached hydrogen (secondary N) is 1. The summed E-state index contributed by atoms with van der Waals surface area (Å²) in [7, 11) is 0. The van der Waals surface area contributed by atoms with Gasteiger partial charge in [0.15, 0.2) is 5.82 Å². The van der Waals surface area contributed by atoms with E-state index in [9.17, 15) is 4.79 Å². The van der Waals surface area contributed by atoms with Crippen LogP contribution < -0.4 is 10.2 Å². The topological polar surface area (TPSA) is 82.4 Å². The number of aromatic nitrogens is 1. The van der Waals surface area contributed by atoms with Crippen LogP contribution in [0.4, 0.5) is 17.2 Å². The molecular formula is C23H32N6O2. The Balaban J connectivity index is 1.37. The van der Waals surface area contributed by atoms with Crippen molar-refractivity contribution in [2.75, 3.05) is 37.6 Å². The van der Waals surface area contributed by atoms with Gasteiger partial charge in [-0.15, -0.1) is 0 Å². The molecule has 1 amide bonds. The Hall–Kier alpha value is -2.54. The zero-order chi connectivity index (χ0) is 21.8. The van der Waals surface area contributed by atoms with Gasteiger partial charge in [-0.3, -0.25) is 4.79 Å². The van der Waals surface area contributed by atoms with Crippen LogP contribution in [0.5, 0.6) is 0 Å². The maximum absolute atomic E-state index is 12.0. The van der Waals surface area contributed by atoms with Gasteiger partial charge in [-0.05, 0) is 31.7 Å². The molecule has 1 aromatic rings. The Morgan fingerprint density at radius 1 is 1.32 bits per heavy atom. The molecule has 4 heterocycles. The normalized spacial score (nSPS) is 24.3. The number of nitrogens with zero attached hydrogens (tertiary/aromatic N) is 5. The number of rotatable bonds is 5. The molecular weight excluding hydrogens is 392 g/mol. The molecule has 1 N–H and O–H groups in total. The van der Waals surface area contributed by atoms with Crippen LogP contribution in [0, 0.1) is 5.92 Å². The monoisotopic (exact) mass is 424 g/mol. The van der Waals surface area contributed by atoms with E-state index in [2.05, 4.69) is 42.9 Å². The van der Waals surface area contributed by atoms with Gasteiger partial charge in [0.1, 0.15) is 5.69 Å². The van der Waals surface area contributed by atoms with Gasteiger partial charge in [0.25, 0.3) is 0 Å². The summed E-state index contributed by atoms with van der Waals surface area (Å²) in [4.78, 5) is 29.9. The summed E-state index contributed by atoms with van der Waals surface area (Å²) < 4.78 is 6.28. The molecule has 3 aliphatic rings. The van der Waals surface area contributed by atoms with Gasteiger partial charge in [-0.2, -0.15) is 0 Å². The van der Waals surface area contributed by atoms with Crippen LogP contribution in [0.1, 0.15) is 33.6 Å². The third-order valence-corrected chi connectivity index (χ3v) is 5.99. The summed E-state index contributed by atoms with van der Waals surface area (Å²) in [6, 6.07) is 2.29. The molecule has 3 aliphatic heterocycles. The molecule has 0 aliphatic carbocycles. The molecule has 0 saturated carbocycles. The highest BCUT2D eigenvalue weighted by molar-refractivity contribution is 5.91. The Labute approximate surface area is 184 Å². The number of pyridine rings is 1. The zero-order valence-corrected chi connectivity index (χ0v) is 18.6. The highest BCUT2D eigenvalue weighted by atomic mass is 16.5. The van der Waals surface area contributed by atoms with Crippen molar-refractivity contribution in [3.8, 4) is 0 Å². The maximum Gasteiger partial charge on any atom is 0.222 e. The van der Waals surface area contributed by atoms with Crippen molar-refractivity contribution < 1.29 is 9.53 Å². The Morgan fingerprint density at radius 3 is 2.90 bits per heavy atom. The number of hydrogen-bond donors (Lipinski definition) is 1. The van der Waals surface area contributed by atoms with Crippen molar-refractivity contribution in [1.82, 2.24) is 15.2 Å². The van der Waals surface area contributed by atoms with Crippen LogP contribution in [-0.2, 0) is 9.53 Å². The minimum atomic E-state index is 0.0369. The number of carbonyl (C=O) groups excluding carboxylic acids is 1. The molecule has 4 rings (SSSR count). The second-order valence-corrected chi connectivity index (χ2v) is 8.90. The molecule has 166 valence electrons. The number of allylic oxidation sites excluding steroid dienone is 1. The van der Waals surface area contributed by atoms with E-state index in [0.29, 0.717) is 5.82 Å². The lowest BCUT2D eigenvalue weighted by molar-refractivity contribution is -0.125. The summed E-state index contributed by atoms with van der Waals surface area (Å²) in [5.74, 6) is 3.72. The molecule has 0 aromatic carbocycles. The van der Waals surface area contributed by atoms with Crippen LogP contribution in [0.25, 0.3) is 0 Å². The van der Waals surface area contributed by atoms with Crippen LogP contribution in [0.2, 0.25) is 0 Å². The third-order valence-electron chi connectivity index (χ3n) is 5.99. The number of aliphatic imine (C=N–C) groups is 2. The van der Waals surface area contributed by atoms with E-state index < -0.39 is 0 Å². The van der Waals surface area contributed by atoms with Crippen molar-refractivity contribution in [3.05, 3.63) is 18.3 Å². The van der Waals surface area contributed by atoms with Crippen LogP contribution in [0.15, 0.2) is 28.3 Å². The van der Waals surface area contributed by atoms with E-state index in [1.54, 1.807) is 18.5 Å². The smallest absolute Gasteiger partial charge is 0.222 e. The summed E-state index contributed by atoms with van der Waals surface area (Å²) >= 11 is 0. The van der Waals surface area contributed by atoms with Gasteiger partial charge in [0, 0.05) is 63.2 Å².